The number of nitrogens with zero attached hydrogens (tertiary/aromatic N) is 2. The van der Waals surface area contributed by atoms with Gasteiger partial charge in [-0.2, -0.15) is 18.3 Å². The quantitative estimate of drug-likeness (QED) is 0.880. The standard InChI is InChI=1S/C10H13F3N2O3/c1-6-8(3-9(16)17)7(2)15(14-6)5-18-4-10(11,12)13/h3-5H2,1-2H3,(H,16,17). The summed E-state index contributed by atoms with van der Waals surface area (Å²) >= 11 is 0. The lowest BCUT2D eigenvalue weighted by Gasteiger charge is -2.08. The van der Waals surface area contributed by atoms with Crippen molar-refractivity contribution in [1.29, 1.82) is 0 Å². The van der Waals surface area contributed by atoms with Crippen LogP contribution in [-0.2, 0) is 22.7 Å². The van der Waals surface area contributed by atoms with Crippen LogP contribution in [0, 0.1) is 13.8 Å². The number of carboxylic acids is 1. The number of halogens is 3. The Balaban J connectivity index is 2.70. The largest absolute Gasteiger partial charge is 0.481 e. The minimum atomic E-state index is -4.39. The Hall–Kier alpha value is -1.57. The van der Waals surface area contributed by atoms with Gasteiger partial charge in [-0.15, -0.1) is 0 Å². The zero-order valence-corrected chi connectivity index (χ0v) is 9.91. The highest BCUT2D eigenvalue weighted by molar-refractivity contribution is 5.70. The molecule has 0 saturated heterocycles. The Morgan fingerprint density at radius 2 is 2.06 bits per heavy atom. The molecule has 0 aromatic carbocycles. The van der Waals surface area contributed by atoms with Crippen molar-refractivity contribution in [3.8, 4) is 0 Å². The highest BCUT2D eigenvalue weighted by Crippen LogP contribution is 2.17. The van der Waals surface area contributed by atoms with E-state index in [2.05, 4.69) is 9.84 Å². The number of rotatable bonds is 5. The number of ether oxygens (including phenoxy) is 1. The highest BCUT2D eigenvalue weighted by atomic mass is 19.4. The summed E-state index contributed by atoms with van der Waals surface area (Å²) in [6.07, 6.45) is -4.60. The number of aromatic nitrogens is 2. The topological polar surface area (TPSA) is 64.4 Å². The number of aliphatic carboxylic acids is 1. The zero-order chi connectivity index (χ0) is 13.9. The van der Waals surface area contributed by atoms with E-state index < -0.39 is 18.8 Å². The van der Waals surface area contributed by atoms with Gasteiger partial charge in [-0.3, -0.25) is 4.79 Å². The first-order valence-electron chi connectivity index (χ1n) is 5.10. The smallest absolute Gasteiger partial charge is 0.411 e. The third-order valence-corrected chi connectivity index (χ3v) is 2.34. The van der Waals surface area contributed by atoms with Gasteiger partial charge in [0.2, 0.25) is 0 Å². The Kier molecular flexibility index (Phi) is 4.33. The third-order valence-electron chi connectivity index (χ3n) is 2.34. The minimum Gasteiger partial charge on any atom is -0.481 e. The van der Waals surface area contributed by atoms with E-state index in [1.165, 1.54) is 4.68 Å². The number of hydrogen-bond donors (Lipinski definition) is 1. The van der Waals surface area contributed by atoms with Crippen LogP contribution < -0.4 is 0 Å². The van der Waals surface area contributed by atoms with Crippen molar-refractivity contribution in [3.05, 3.63) is 17.0 Å². The summed E-state index contributed by atoms with van der Waals surface area (Å²) in [5.41, 5.74) is 1.47. The lowest BCUT2D eigenvalue weighted by molar-refractivity contribution is -0.182. The highest BCUT2D eigenvalue weighted by Gasteiger charge is 2.27. The molecule has 8 heteroatoms. The van der Waals surface area contributed by atoms with E-state index in [9.17, 15) is 18.0 Å². The predicted octanol–water partition coefficient (Wildman–Crippen LogP) is 1.66. The lowest BCUT2D eigenvalue weighted by Crippen LogP contribution is -2.19. The molecule has 0 bridgehead atoms. The van der Waals surface area contributed by atoms with Crippen molar-refractivity contribution in [2.24, 2.45) is 0 Å². The van der Waals surface area contributed by atoms with Crippen LogP contribution >= 0.6 is 0 Å². The summed E-state index contributed by atoms with van der Waals surface area (Å²) in [6, 6.07) is 0. The molecule has 0 aliphatic heterocycles. The molecule has 18 heavy (non-hydrogen) atoms. The van der Waals surface area contributed by atoms with Crippen molar-refractivity contribution < 1.29 is 27.8 Å². The van der Waals surface area contributed by atoms with E-state index in [1.54, 1.807) is 13.8 Å². The normalized spacial score (nSPS) is 11.8. The first-order valence-corrected chi connectivity index (χ1v) is 5.10. The second kappa shape index (κ2) is 5.38. The number of aryl methyl sites for hydroxylation is 1. The van der Waals surface area contributed by atoms with Crippen LogP contribution in [0.2, 0.25) is 0 Å². The second-order valence-corrected chi connectivity index (χ2v) is 3.81. The zero-order valence-electron chi connectivity index (χ0n) is 9.91. The van der Waals surface area contributed by atoms with Crippen LogP contribution in [-0.4, -0.2) is 33.6 Å². The van der Waals surface area contributed by atoms with Crippen LogP contribution in [0.4, 0.5) is 13.2 Å². The number of alkyl halides is 3. The van der Waals surface area contributed by atoms with Gasteiger partial charge in [0.1, 0.15) is 13.3 Å². The Bertz CT molecular complexity index is 440. The minimum absolute atomic E-state index is 0.211. The molecule has 1 aromatic rings. The maximum Gasteiger partial charge on any atom is 0.411 e. The monoisotopic (exact) mass is 266 g/mol. The molecule has 0 aliphatic rings. The van der Waals surface area contributed by atoms with Gasteiger partial charge >= 0.3 is 12.1 Å². The summed E-state index contributed by atoms with van der Waals surface area (Å²) in [5, 5.41) is 12.6. The van der Waals surface area contributed by atoms with E-state index in [-0.39, 0.29) is 13.2 Å². The summed E-state index contributed by atoms with van der Waals surface area (Å²) in [6.45, 7) is 1.48. The summed E-state index contributed by atoms with van der Waals surface area (Å²) in [7, 11) is 0. The molecule has 1 N–H and O–H groups in total. The van der Waals surface area contributed by atoms with E-state index in [0.717, 1.165) is 0 Å². The average Bonchev–Trinajstić information content (AvgIpc) is 2.43. The third kappa shape index (κ3) is 4.02. The fourth-order valence-corrected chi connectivity index (χ4v) is 1.51. The number of carboxylic acid groups (broad SMARTS) is 1. The SMILES string of the molecule is Cc1nn(COCC(F)(F)F)c(C)c1CC(=O)O. The van der Waals surface area contributed by atoms with Crippen molar-refractivity contribution in [2.45, 2.75) is 33.2 Å². The number of carbonyl (C=O) groups is 1. The molecule has 102 valence electrons. The molecule has 0 unspecified atom stereocenters. The van der Waals surface area contributed by atoms with Crippen LogP contribution in [0.1, 0.15) is 17.0 Å². The van der Waals surface area contributed by atoms with Crippen molar-refractivity contribution in [3.63, 3.8) is 0 Å². The van der Waals surface area contributed by atoms with E-state index in [1.807, 2.05) is 0 Å². The fourth-order valence-electron chi connectivity index (χ4n) is 1.51. The molecular weight excluding hydrogens is 253 g/mol. The summed E-state index contributed by atoms with van der Waals surface area (Å²) in [5.74, 6) is -1.02. The van der Waals surface area contributed by atoms with Crippen LogP contribution in [0.3, 0.4) is 0 Å². The maximum atomic E-state index is 11.9. The molecule has 0 saturated carbocycles. The van der Waals surface area contributed by atoms with Gasteiger partial charge in [-0.25, -0.2) is 4.68 Å². The van der Waals surface area contributed by atoms with E-state index in [4.69, 9.17) is 5.11 Å². The van der Waals surface area contributed by atoms with Crippen LogP contribution in [0.15, 0.2) is 0 Å². The van der Waals surface area contributed by atoms with Gasteiger partial charge in [0.05, 0.1) is 12.1 Å². The maximum absolute atomic E-state index is 11.9. The van der Waals surface area contributed by atoms with Gasteiger partial charge in [-0.1, -0.05) is 0 Å². The van der Waals surface area contributed by atoms with Gasteiger partial charge in [0.25, 0.3) is 0 Å². The molecule has 1 rings (SSSR count). The fraction of sp³-hybridized carbons (Fsp3) is 0.600. The molecule has 0 atom stereocenters. The van der Waals surface area contributed by atoms with Crippen molar-refractivity contribution in [1.82, 2.24) is 9.78 Å². The summed E-state index contributed by atoms with van der Waals surface area (Å²) in [4.78, 5) is 10.6. The van der Waals surface area contributed by atoms with Gasteiger partial charge in [0.15, 0.2) is 0 Å². The van der Waals surface area contributed by atoms with E-state index >= 15 is 0 Å². The van der Waals surface area contributed by atoms with Crippen molar-refractivity contribution in [2.75, 3.05) is 6.61 Å². The predicted molar refractivity (Wildman–Crippen MR) is 55.0 cm³/mol. The first-order chi connectivity index (χ1) is 8.20. The Labute approximate surface area is 101 Å². The number of hydrogen-bond acceptors (Lipinski definition) is 3. The Morgan fingerprint density at radius 1 is 1.44 bits per heavy atom. The Morgan fingerprint density at radius 3 is 2.56 bits per heavy atom. The first kappa shape index (κ1) is 14.5. The van der Waals surface area contributed by atoms with Crippen LogP contribution in [0.25, 0.3) is 0 Å². The molecule has 5 nitrogen and oxygen atoms in total. The lowest BCUT2D eigenvalue weighted by atomic mass is 10.1. The molecule has 1 heterocycles. The van der Waals surface area contributed by atoms with E-state index in [0.29, 0.717) is 17.0 Å². The molecular formula is C10H13F3N2O3. The molecule has 0 radical (unpaired) electrons. The molecule has 0 amide bonds. The van der Waals surface area contributed by atoms with Crippen molar-refractivity contribution >= 4 is 5.97 Å². The van der Waals surface area contributed by atoms with Gasteiger partial charge < -0.3 is 9.84 Å². The van der Waals surface area contributed by atoms with Gasteiger partial charge in [-0.05, 0) is 13.8 Å². The molecule has 0 fully saturated rings. The second-order valence-electron chi connectivity index (χ2n) is 3.81. The molecule has 1 aromatic heterocycles. The molecule has 0 aliphatic carbocycles. The molecule has 0 spiro atoms. The summed E-state index contributed by atoms with van der Waals surface area (Å²) < 4.78 is 41.3. The van der Waals surface area contributed by atoms with Crippen LogP contribution in [0.5, 0.6) is 0 Å². The average molecular weight is 266 g/mol. The van der Waals surface area contributed by atoms with Gasteiger partial charge in [0, 0.05) is 11.3 Å².